The Morgan fingerprint density at radius 3 is 2.59 bits per heavy atom. The normalized spacial score (nSPS) is 16.2. The van der Waals surface area contributed by atoms with Gasteiger partial charge in [-0.2, -0.15) is 4.98 Å². The van der Waals surface area contributed by atoms with E-state index in [0.29, 0.717) is 44.0 Å². The van der Waals surface area contributed by atoms with Crippen molar-refractivity contribution in [2.24, 2.45) is 4.99 Å². The van der Waals surface area contributed by atoms with E-state index in [0.717, 1.165) is 25.2 Å². The molecule has 0 spiro atoms. The summed E-state index contributed by atoms with van der Waals surface area (Å²) in [5, 5.41) is 10.4. The zero-order chi connectivity index (χ0) is 19.8. The lowest BCUT2D eigenvalue weighted by molar-refractivity contribution is 0.0170. The Labute approximate surface area is 187 Å². The molecule has 0 amide bonds. The van der Waals surface area contributed by atoms with Gasteiger partial charge in [-0.1, -0.05) is 17.3 Å². The number of nitrogens with zero attached hydrogens (tertiary/aromatic N) is 4. The number of aliphatic imine (C=N–C) groups is 1. The summed E-state index contributed by atoms with van der Waals surface area (Å²) in [7, 11) is 0. The highest BCUT2D eigenvalue weighted by atomic mass is 127. The summed E-state index contributed by atoms with van der Waals surface area (Å²) < 4.78 is 24.0. The predicted molar refractivity (Wildman–Crippen MR) is 119 cm³/mol. The molecule has 8 nitrogen and oxygen atoms in total. The molecule has 3 rings (SSSR count). The molecule has 1 aromatic heterocycles. The molecule has 1 aliphatic heterocycles. The van der Waals surface area contributed by atoms with Crippen LogP contribution in [-0.2, 0) is 11.3 Å². The Balaban J connectivity index is 0.00000300. The maximum Gasteiger partial charge on any atom is 0.248 e. The number of halogens is 2. The zero-order valence-corrected chi connectivity index (χ0v) is 19.1. The lowest BCUT2D eigenvalue weighted by Crippen LogP contribution is -2.46. The molecule has 29 heavy (non-hydrogen) atoms. The van der Waals surface area contributed by atoms with Gasteiger partial charge in [-0.25, -0.2) is 9.38 Å². The van der Waals surface area contributed by atoms with E-state index >= 15 is 0 Å². The third kappa shape index (κ3) is 7.19. The summed E-state index contributed by atoms with van der Waals surface area (Å²) in [6, 6.07) is 6.75. The van der Waals surface area contributed by atoms with Gasteiger partial charge in [-0.3, -0.25) is 4.90 Å². The van der Waals surface area contributed by atoms with E-state index < -0.39 is 0 Å². The number of aryl methyl sites for hydroxylation is 1. The number of hydrogen-bond donors (Lipinski definition) is 2. The fourth-order valence-corrected chi connectivity index (χ4v) is 3.12. The fourth-order valence-electron chi connectivity index (χ4n) is 3.12. The predicted octanol–water partition coefficient (Wildman–Crippen LogP) is 2.26. The molecular weight excluding hydrogens is 490 g/mol. The van der Waals surface area contributed by atoms with Crippen molar-refractivity contribution >= 4 is 29.9 Å². The maximum atomic E-state index is 13.4. The van der Waals surface area contributed by atoms with Gasteiger partial charge in [0.25, 0.3) is 0 Å². The highest BCUT2D eigenvalue weighted by molar-refractivity contribution is 14.0. The fraction of sp³-hybridized carbons (Fsp3) is 0.526. The van der Waals surface area contributed by atoms with Crippen LogP contribution in [0.1, 0.15) is 30.2 Å². The SMILES string of the molecule is CCNC(=NCc1nc(C)no1)NCC(c1ccc(F)cc1)N1CCOCC1.I. The zero-order valence-electron chi connectivity index (χ0n) is 16.7. The second-order valence-electron chi connectivity index (χ2n) is 6.53. The summed E-state index contributed by atoms with van der Waals surface area (Å²) in [4.78, 5) is 11.0. The first kappa shape index (κ1) is 23.5. The largest absolute Gasteiger partial charge is 0.379 e. The van der Waals surface area contributed by atoms with Crippen LogP contribution in [-0.4, -0.2) is 60.4 Å². The molecule has 1 aromatic carbocycles. The summed E-state index contributed by atoms with van der Waals surface area (Å²) in [6.07, 6.45) is 0. The van der Waals surface area contributed by atoms with Crippen LogP contribution in [0.4, 0.5) is 4.39 Å². The molecule has 0 radical (unpaired) electrons. The first-order valence-corrected chi connectivity index (χ1v) is 9.54. The first-order chi connectivity index (χ1) is 13.7. The second-order valence-corrected chi connectivity index (χ2v) is 6.53. The van der Waals surface area contributed by atoms with Crippen molar-refractivity contribution in [1.29, 1.82) is 0 Å². The number of benzene rings is 1. The molecule has 0 aliphatic carbocycles. The molecule has 1 fully saturated rings. The van der Waals surface area contributed by atoms with Crippen molar-refractivity contribution in [3.05, 3.63) is 47.4 Å². The molecular formula is C19H28FIN6O2. The molecule has 2 aromatic rings. The van der Waals surface area contributed by atoms with Gasteiger partial charge in [-0.05, 0) is 31.5 Å². The monoisotopic (exact) mass is 518 g/mol. The number of morpholine rings is 1. The van der Waals surface area contributed by atoms with Crippen LogP contribution in [0.5, 0.6) is 0 Å². The highest BCUT2D eigenvalue weighted by Gasteiger charge is 2.23. The molecule has 10 heteroatoms. The number of aromatic nitrogens is 2. The lowest BCUT2D eigenvalue weighted by Gasteiger charge is -2.35. The Bertz CT molecular complexity index is 764. The number of ether oxygens (including phenoxy) is 1. The quantitative estimate of drug-likeness (QED) is 0.331. The van der Waals surface area contributed by atoms with E-state index in [-0.39, 0.29) is 35.8 Å². The van der Waals surface area contributed by atoms with Gasteiger partial charge in [0.05, 0.1) is 19.3 Å². The molecule has 0 saturated carbocycles. The molecule has 2 N–H and O–H groups in total. The van der Waals surface area contributed by atoms with Crippen LogP contribution in [0.2, 0.25) is 0 Å². The van der Waals surface area contributed by atoms with Crippen LogP contribution in [0.15, 0.2) is 33.8 Å². The third-order valence-electron chi connectivity index (χ3n) is 4.49. The van der Waals surface area contributed by atoms with E-state index in [1.165, 1.54) is 12.1 Å². The van der Waals surface area contributed by atoms with Gasteiger partial charge in [0.15, 0.2) is 11.8 Å². The van der Waals surface area contributed by atoms with Crippen molar-refractivity contribution in [2.75, 3.05) is 39.4 Å². The van der Waals surface area contributed by atoms with Crippen molar-refractivity contribution in [3.8, 4) is 0 Å². The van der Waals surface area contributed by atoms with E-state index in [9.17, 15) is 4.39 Å². The number of guanidine groups is 1. The van der Waals surface area contributed by atoms with Crippen LogP contribution in [0.3, 0.4) is 0 Å². The van der Waals surface area contributed by atoms with Gasteiger partial charge in [-0.15, -0.1) is 24.0 Å². The average molecular weight is 518 g/mol. The molecule has 1 saturated heterocycles. The van der Waals surface area contributed by atoms with Crippen molar-refractivity contribution in [3.63, 3.8) is 0 Å². The Morgan fingerprint density at radius 2 is 1.97 bits per heavy atom. The summed E-state index contributed by atoms with van der Waals surface area (Å²) >= 11 is 0. The van der Waals surface area contributed by atoms with E-state index in [1.807, 2.05) is 19.1 Å². The minimum absolute atomic E-state index is 0. The smallest absolute Gasteiger partial charge is 0.248 e. The van der Waals surface area contributed by atoms with Crippen LogP contribution in [0, 0.1) is 12.7 Å². The average Bonchev–Trinajstić information content (AvgIpc) is 3.13. The Hall–Kier alpha value is -1.79. The number of hydrogen-bond acceptors (Lipinski definition) is 6. The molecule has 1 unspecified atom stereocenters. The minimum Gasteiger partial charge on any atom is -0.379 e. The number of nitrogens with one attached hydrogen (secondary N) is 2. The number of rotatable bonds is 7. The highest BCUT2D eigenvalue weighted by Crippen LogP contribution is 2.21. The van der Waals surface area contributed by atoms with Gasteiger partial charge < -0.3 is 19.9 Å². The van der Waals surface area contributed by atoms with Crippen molar-refractivity contribution < 1.29 is 13.7 Å². The summed E-state index contributed by atoms with van der Waals surface area (Å²) in [5.41, 5.74) is 1.05. The maximum absolute atomic E-state index is 13.4. The standard InChI is InChI=1S/C19H27FN6O2.HI/c1-3-21-19(23-13-18-24-14(2)25-28-18)22-12-17(26-8-10-27-11-9-26)15-4-6-16(20)7-5-15;/h4-7,17H,3,8-13H2,1-2H3,(H2,21,22,23);1H. The molecule has 0 bridgehead atoms. The molecule has 1 aliphatic rings. The molecule has 1 atom stereocenters. The van der Waals surface area contributed by atoms with Crippen LogP contribution >= 0.6 is 24.0 Å². The Morgan fingerprint density at radius 1 is 1.24 bits per heavy atom. The van der Waals surface area contributed by atoms with Crippen molar-refractivity contribution in [1.82, 2.24) is 25.7 Å². The second kappa shape index (κ2) is 12.0. The van der Waals surface area contributed by atoms with Crippen LogP contribution in [0.25, 0.3) is 0 Å². The van der Waals surface area contributed by atoms with Gasteiger partial charge in [0.1, 0.15) is 12.4 Å². The van der Waals surface area contributed by atoms with E-state index in [4.69, 9.17) is 9.26 Å². The summed E-state index contributed by atoms with van der Waals surface area (Å²) in [6.45, 7) is 8.49. The summed E-state index contributed by atoms with van der Waals surface area (Å²) in [5.74, 6) is 1.49. The van der Waals surface area contributed by atoms with Crippen LogP contribution < -0.4 is 10.6 Å². The van der Waals surface area contributed by atoms with Gasteiger partial charge in [0, 0.05) is 26.2 Å². The first-order valence-electron chi connectivity index (χ1n) is 9.54. The van der Waals surface area contributed by atoms with Crippen molar-refractivity contribution in [2.45, 2.75) is 26.4 Å². The topological polar surface area (TPSA) is 87.8 Å². The van der Waals surface area contributed by atoms with Gasteiger partial charge >= 0.3 is 0 Å². The van der Waals surface area contributed by atoms with E-state index in [2.05, 4.69) is 30.7 Å². The third-order valence-corrected chi connectivity index (χ3v) is 4.49. The molecule has 160 valence electrons. The Kier molecular flexibility index (Phi) is 9.74. The van der Waals surface area contributed by atoms with Gasteiger partial charge in [0.2, 0.25) is 5.89 Å². The minimum atomic E-state index is -0.234. The lowest BCUT2D eigenvalue weighted by atomic mass is 10.0. The van der Waals surface area contributed by atoms with E-state index in [1.54, 1.807) is 6.92 Å². The molecule has 2 heterocycles.